The molecule has 0 heterocycles. The highest BCUT2D eigenvalue weighted by atomic mass is 15.0. The Balaban J connectivity index is 1.60. The number of rotatable bonds is 5. The van der Waals surface area contributed by atoms with Gasteiger partial charge in [-0.3, -0.25) is 0 Å². The third kappa shape index (κ3) is 3.07. The summed E-state index contributed by atoms with van der Waals surface area (Å²) in [5.74, 6) is 0. The maximum absolute atomic E-state index is 3.62. The molecule has 1 atom stereocenters. The van der Waals surface area contributed by atoms with E-state index in [1.54, 1.807) is 0 Å². The van der Waals surface area contributed by atoms with Gasteiger partial charge in [-0.1, -0.05) is 44.2 Å². The van der Waals surface area contributed by atoms with Crippen LogP contribution in [0.15, 0.2) is 30.3 Å². The van der Waals surface area contributed by atoms with Crippen LogP contribution in [0.1, 0.15) is 32.3 Å². The summed E-state index contributed by atoms with van der Waals surface area (Å²) in [4.78, 5) is 0. The first-order valence-electron chi connectivity index (χ1n) is 5.96. The fourth-order valence-corrected chi connectivity index (χ4v) is 2.03. The van der Waals surface area contributed by atoms with Crippen LogP contribution in [0.4, 0.5) is 0 Å². The molecule has 1 aromatic carbocycles. The fraction of sp³-hybridized carbons (Fsp3) is 0.571. The Kier molecular flexibility index (Phi) is 3.11. The maximum Gasteiger partial charge on any atom is 0.0124 e. The van der Waals surface area contributed by atoms with E-state index in [4.69, 9.17) is 0 Å². The van der Waals surface area contributed by atoms with E-state index < -0.39 is 0 Å². The SMILES string of the molecule is CC1(C)CC1NCCCc1ccccc1. The standard InChI is InChI=1S/C14H21N/c1-14(2)11-13(14)15-10-6-9-12-7-4-3-5-8-12/h3-5,7-8,13,15H,6,9-11H2,1-2H3. The zero-order chi connectivity index (χ0) is 10.7. The molecule has 0 saturated heterocycles. The van der Waals surface area contributed by atoms with Crippen LogP contribution in [0, 0.1) is 5.41 Å². The van der Waals surface area contributed by atoms with E-state index in [2.05, 4.69) is 49.5 Å². The van der Waals surface area contributed by atoms with E-state index in [-0.39, 0.29) is 0 Å². The van der Waals surface area contributed by atoms with Gasteiger partial charge in [0, 0.05) is 6.04 Å². The summed E-state index contributed by atoms with van der Waals surface area (Å²) in [7, 11) is 0. The molecule has 1 fully saturated rings. The van der Waals surface area contributed by atoms with Crippen molar-refractivity contribution >= 4 is 0 Å². The average molecular weight is 203 g/mol. The first-order valence-corrected chi connectivity index (χ1v) is 5.96. The van der Waals surface area contributed by atoms with Gasteiger partial charge in [0.15, 0.2) is 0 Å². The minimum atomic E-state index is 0.562. The van der Waals surface area contributed by atoms with Crippen molar-refractivity contribution in [3.63, 3.8) is 0 Å². The number of hydrogen-bond acceptors (Lipinski definition) is 1. The Morgan fingerprint density at radius 3 is 2.53 bits per heavy atom. The first-order chi connectivity index (χ1) is 7.18. The van der Waals surface area contributed by atoms with Crippen LogP contribution in [-0.4, -0.2) is 12.6 Å². The van der Waals surface area contributed by atoms with E-state index in [1.807, 2.05) is 0 Å². The van der Waals surface area contributed by atoms with E-state index in [0.29, 0.717) is 5.41 Å². The third-order valence-electron chi connectivity index (χ3n) is 3.39. The molecule has 1 N–H and O–H groups in total. The van der Waals surface area contributed by atoms with Crippen LogP contribution in [0.5, 0.6) is 0 Å². The molecule has 1 unspecified atom stereocenters. The summed E-state index contributed by atoms with van der Waals surface area (Å²) in [6.45, 7) is 5.83. The van der Waals surface area contributed by atoms with Crippen LogP contribution in [0.3, 0.4) is 0 Å². The molecule has 0 spiro atoms. The Morgan fingerprint density at radius 2 is 1.93 bits per heavy atom. The average Bonchev–Trinajstić information content (AvgIpc) is 2.83. The molecule has 0 bridgehead atoms. The lowest BCUT2D eigenvalue weighted by molar-refractivity contribution is 0.535. The van der Waals surface area contributed by atoms with Crippen molar-refractivity contribution in [1.82, 2.24) is 5.32 Å². The third-order valence-corrected chi connectivity index (χ3v) is 3.39. The molecule has 0 aliphatic heterocycles. The van der Waals surface area contributed by atoms with Gasteiger partial charge in [0.2, 0.25) is 0 Å². The predicted molar refractivity (Wildman–Crippen MR) is 65.0 cm³/mol. The van der Waals surface area contributed by atoms with Crippen LogP contribution in [-0.2, 0) is 6.42 Å². The summed E-state index contributed by atoms with van der Waals surface area (Å²) < 4.78 is 0. The predicted octanol–water partition coefficient (Wildman–Crippen LogP) is 3.01. The minimum Gasteiger partial charge on any atom is -0.313 e. The molecule has 1 aromatic rings. The number of benzene rings is 1. The van der Waals surface area contributed by atoms with Gasteiger partial charge in [0.25, 0.3) is 0 Å². The van der Waals surface area contributed by atoms with E-state index in [0.717, 1.165) is 12.6 Å². The molecule has 0 amide bonds. The monoisotopic (exact) mass is 203 g/mol. The highest BCUT2D eigenvalue weighted by Crippen LogP contribution is 2.44. The molecule has 2 rings (SSSR count). The molecule has 1 aliphatic carbocycles. The Hall–Kier alpha value is -0.820. The minimum absolute atomic E-state index is 0.562. The lowest BCUT2D eigenvalue weighted by Gasteiger charge is -2.06. The highest BCUT2D eigenvalue weighted by Gasteiger charge is 2.44. The lowest BCUT2D eigenvalue weighted by atomic mass is 10.1. The van der Waals surface area contributed by atoms with Gasteiger partial charge in [-0.05, 0) is 36.8 Å². The van der Waals surface area contributed by atoms with E-state index in [9.17, 15) is 0 Å². The molecular formula is C14H21N. The van der Waals surface area contributed by atoms with Crippen molar-refractivity contribution in [3.05, 3.63) is 35.9 Å². The normalized spacial score (nSPS) is 22.7. The lowest BCUT2D eigenvalue weighted by Crippen LogP contribution is -2.22. The highest BCUT2D eigenvalue weighted by molar-refractivity contribution is 5.14. The van der Waals surface area contributed by atoms with Crippen molar-refractivity contribution in [1.29, 1.82) is 0 Å². The molecule has 1 heteroatoms. The Labute approximate surface area is 92.9 Å². The van der Waals surface area contributed by atoms with Gasteiger partial charge in [-0.2, -0.15) is 0 Å². The van der Waals surface area contributed by atoms with Gasteiger partial charge < -0.3 is 5.32 Å². The van der Waals surface area contributed by atoms with Crippen LogP contribution in [0.25, 0.3) is 0 Å². The number of nitrogens with one attached hydrogen (secondary N) is 1. The van der Waals surface area contributed by atoms with Crippen molar-refractivity contribution < 1.29 is 0 Å². The number of aryl methyl sites for hydroxylation is 1. The molecule has 1 aliphatic rings. The van der Waals surface area contributed by atoms with Crippen molar-refractivity contribution in [3.8, 4) is 0 Å². The zero-order valence-electron chi connectivity index (χ0n) is 9.79. The van der Waals surface area contributed by atoms with Crippen LogP contribution < -0.4 is 5.32 Å². The molecule has 0 aromatic heterocycles. The fourth-order valence-electron chi connectivity index (χ4n) is 2.03. The van der Waals surface area contributed by atoms with E-state index in [1.165, 1.54) is 24.8 Å². The summed E-state index contributed by atoms with van der Waals surface area (Å²) in [6.07, 6.45) is 3.79. The molecular weight excluding hydrogens is 182 g/mol. The van der Waals surface area contributed by atoms with Gasteiger partial charge in [0.05, 0.1) is 0 Å². The largest absolute Gasteiger partial charge is 0.313 e. The summed E-state index contributed by atoms with van der Waals surface area (Å²) >= 11 is 0. The first kappa shape index (κ1) is 10.7. The second-order valence-corrected chi connectivity index (χ2v) is 5.29. The second-order valence-electron chi connectivity index (χ2n) is 5.29. The van der Waals surface area contributed by atoms with Crippen molar-refractivity contribution in [2.24, 2.45) is 5.41 Å². The van der Waals surface area contributed by atoms with E-state index >= 15 is 0 Å². The maximum atomic E-state index is 3.62. The molecule has 1 saturated carbocycles. The summed E-state index contributed by atoms with van der Waals surface area (Å²) in [5, 5.41) is 3.62. The smallest absolute Gasteiger partial charge is 0.0124 e. The van der Waals surface area contributed by atoms with Crippen molar-refractivity contribution in [2.45, 2.75) is 39.2 Å². The van der Waals surface area contributed by atoms with Crippen LogP contribution >= 0.6 is 0 Å². The molecule has 15 heavy (non-hydrogen) atoms. The molecule has 1 nitrogen and oxygen atoms in total. The molecule has 82 valence electrons. The van der Waals surface area contributed by atoms with Crippen LogP contribution in [0.2, 0.25) is 0 Å². The summed E-state index contributed by atoms with van der Waals surface area (Å²) in [6, 6.07) is 11.5. The van der Waals surface area contributed by atoms with Gasteiger partial charge in [-0.15, -0.1) is 0 Å². The summed E-state index contributed by atoms with van der Waals surface area (Å²) in [5.41, 5.74) is 2.02. The van der Waals surface area contributed by atoms with Gasteiger partial charge >= 0.3 is 0 Å². The zero-order valence-corrected chi connectivity index (χ0v) is 9.79. The van der Waals surface area contributed by atoms with Gasteiger partial charge in [0.1, 0.15) is 0 Å². The van der Waals surface area contributed by atoms with Crippen molar-refractivity contribution in [2.75, 3.05) is 6.54 Å². The molecule has 0 radical (unpaired) electrons. The Bertz CT molecular complexity index is 302. The quantitative estimate of drug-likeness (QED) is 0.725. The van der Waals surface area contributed by atoms with Gasteiger partial charge in [-0.25, -0.2) is 0 Å². The Morgan fingerprint density at radius 1 is 1.27 bits per heavy atom. The second kappa shape index (κ2) is 4.36. The topological polar surface area (TPSA) is 12.0 Å². The number of hydrogen-bond donors (Lipinski definition) is 1.